The van der Waals surface area contributed by atoms with Crippen molar-refractivity contribution in [2.45, 2.75) is 6.42 Å². The van der Waals surface area contributed by atoms with E-state index in [-0.39, 0.29) is 0 Å². The highest BCUT2D eigenvalue weighted by Crippen LogP contribution is 2.13. The fraction of sp³-hybridized carbons (Fsp3) is 0.0833. The molecule has 0 N–H and O–H groups in total. The predicted octanol–water partition coefficient (Wildman–Crippen LogP) is 3.21. The van der Waals surface area contributed by atoms with Gasteiger partial charge in [-0.05, 0) is 46.5 Å². The lowest BCUT2D eigenvalue weighted by molar-refractivity contribution is 1.21. The molecule has 0 unspecified atom stereocenters. The SMILES string of the molecule is N#Cc1cccc(Cc2ccsc2)c1. The Morgan fingerprint density at radius 2 is 2.14 bits per heavy atom. The number of nitriles is 1. The van der Waals surface area contributed by atoms with Crippen molar-refractivity contribution in [1.29, 1.82) is 5.26 Å². The zero-order chi connectivity index (χ0) is 9.80. The largest absolute Gasteiger partial charge is 0.192 e. The highest BCUT2D eigenvalue weighted by atomic mass is 32.1. The average molecular weight is 199 g/mol. The Balaban J connectivity index is 2.22. The second-order valence-electron chi connectivity index (χ2n) is 3.12. The van der Waals surface area contributed by atoms with Gasteiger partial charge in [0, 0.05) is 0 Å². The fourth-order valence-electron chi connectivity index (χ4n) is 1.38. The molecule has 0 atom stereocenters. The van der Waals surface area contributed by atoms with Crippen LogP contribution in [0.15, 0.2) is 41.1 Å². The summed E-state index contributed by atoms with van der Waals surface area (Å²) >= 11 is 1.70. The Morgan fingerprint density at radius 3 is 2.86 bits per heavy atom. The van der Waals surface area contributed by atoms with Gasteiger partial charge >= 0.3 is 0 Å². The van der Waals surface area contributed by atoms with Gasteiger partial charge in [-0.3, -0.25) is 0 Å². The van der Waals surface area contributed by atoms with Gasteiger partial charge < -0.3 is 0 Å². The van der Waals surface area contributed by atoms with Crippen molar-refractivity contribution in [3.63, 3.8) is 0 Å². The first-order valence-electron chi connectivity index (χ1n) is 4.38. The summed E-state index contributed by atoms with van der Waals surface area (Å²) in [6, 6.07) is 12.0. The van der Waals surface area contributed by atoms with Gasteiger partial charge in [0.05, 0.1) is 11.6 Å². The van der Waals surface area contributed by atoms with Crippen LogP contribution >= 0.6 is 11.3 Å². The molecule has 1 heterocycles. The van der Waals surface area contributed by atoms with Crippen LogP contribution in [0.2, 0.25) is 0 Å². The van der Waals surface area contributed by atoms with Gasteiger partial charge in [-0.1, -0.05) is 12.1 Å². The average Bonchev–Trinajstić information content (AvgIpc) is 2.71. The number of hydrogen-bond acceptors (Lipinski definition) is 2. The molecule has 2 heteroatoms. The molecule has 0 aliphatic heterocycles. The predicted molar refractivity (Wildman–Crippen MR) is 58.3 cm³/mol. The van der Waals surface area contributed by atoms with Gasteiger partial charge in [0.2, 0.25) is 0 Å². The Kier molecular flexibility index (Phi) is 2.62. The van der Waals surface area contributed by atoms with E-state index in [2.05, 4.69) is 29.0 Å². The molecule has 0 aliphatic carbocycles. The maximum Gasteiger partial charge on any atom is 0.0991 e. The van der Waals surface area contributed by atoms with Crippen molar-refractivity contribution in [1.82, 2.24) is 0 Å². The van der Waals surface area contributed by atoms with Crippen LogP contribution in [0.5, 0.6) is 0 Å². The van der Waals surface area contributed by atoms with Gasteiger partial charge in [-0.25, -0.2) is 0 Å². The van der Waals surface area contributed by atoms with Gasteiger partial charge in [-0.2, -0.15) is 16.6 Å². The molecule has 0 bridgehead atoms. The van der Waals surface area contributed by atoms with Crippen LogP contribution < -0.4 is 0 Å². The summed E-state index contributed by atoms with van der Waals surface area (Å²) in [5, 5.41) is 13.0. The molecule has 0 spiro atoms. The molecule has 2 aromatic rings. The van der Waals surface area contributed by atoms with E-state index in [1.54, 1.807) is 11.3 Å². The Morgan fingerprint density at radius 1 is 1.21 bits per heavy atom. The van der Waals surface area contributed by atoms with Gasteiger partial charge in [0.25, 0.3) is 0 Å². The molecule has 0 saturated carbocycles. The van der Waals surface area contributed by atoms with Crippen molar-refractivity contribution in [3.05, 3.63) is 57.8 Å². The van der Waals surface area contributed by atoms with Crippen LogP contribution in [-0.2, 0) is 6.42 Å². The molecule has 0 radical (unpaired) electrons. The Labute approximate surface area is 87.3 Å². The highest BCUT2D eigenvalue weighted by molar-refractivity contribution is 7.07. The summed E-state index contributed by atoms with van der Waals surface area (Å²) in [6.07, 6.45) is 0.916. The van der Waals surface area contributed by atoms with E-state index in [9.17, 15) is 0 Å². The quantitative estimate of drug-likeness (QED) is 0.728. The van der Waals surface area contributed by atoms with E-state index in [0.717, 1.165) is 12.0 Å². The minimum Gasteiger partial charge on any atom is -0.192 e. The van der Waals surface area contributed by atoms with Crippen LogP contribution in [0.4, 0.5) is 0 Å². The van der Waals surface area contributed by atoms with Crippen molar-refractivity contribution in [2.75, 3.05) is 0 Å². The Hall–Kier alpha value is -1.59. The fourth-order valence-corrected chi connectivity index (χ4v) is 2.05. The van der Waals surface area contributed by atoms with Crippen molar-refractivity contribution >= 4 is 11.3 Å². The van der Waals surface area contributed by atoms with E-state index >= 15 is 0 Å². The van der Waals surface area contributed by atoms with Crippen LogP contribution in [0.25, 0.3) is 0 Å². The van der Waals surface area contributed by atoms with Gasteiger partial charge in [-0.15, -0.1) is 0 Å². The van der Waals surface area contributed by atoms with Crippen LogP contribution in [-0.4, -0.2) is 0 Å². The number of rotatable bonds is 2. The molecule has 0 aliphatic rings. The standard InChI is InChI=1S/C12H9NS/c13-8-11-3-1-2-10(6-11)7-12-4-5-14-9-12/h1-6,9H,7H2. The van der Waals surface area contributed by atoms with E-state index in [1.807, 2.05) is 18.2 Å². The molecular formula is C12H9NS. The summed E-state index contributed by atoms with van der Waals surface area (Å²) in [5.41, 5.74) is 3.24. The minimum absolute atomic E-state index is 0.734. The molecule has 1 nitrogen and oxygen atoms in total. The molecule has 0 saturated heterocycles. The van der Waals surface area contributed by atoms with Crippen LogP contribution in [0.1, 0.15) is 16.7 Å². The molecule has 2 rings (SSSR count). The van der Waals surface area contributed by atoms with Crippen molar-refractivity contribution in [3.8, 4) is 6.07 Å². The first-order chi connectivity index (χ1) is 6.88. The maximum atomic E-state index is 8.74. The molecule has 14 heavy (non-hydrogen) atoms. The maximum absolute atomic E-state index is 8.74. The third-order valence-corrected chi connectivity index (χ3v) is 2.78. The van der Waals surface area contributed by atoms with Crippen molar-refractivity contribution < 1.29 is 0 Å². The summed E-state index contributed by atoms with van der Waals surface area (Å²) < 4.78 is 0. The topological polar surface area (TPSA) is 23.8 Å². The lowest BCUT2D eigenvalue weighted by Crippen LogP contribution is -1.86. The number of hydrogen-bond donors (Lipinski definition) is 0. The smallest absolute Gasteiger partial charge is 0.0991 e. The summed E-state index contributed by atoms with van der Waals surface area (Å²) in [4.78, 5) is 0. The van der Waals surface area contributed by atoms with Crippen molar-refractivity contribution in [2.24, 2.45) is 0 Å². The van der Waals surface area contributed by atoms with Crippen LogP contribution in [0.3, 0.4) is 0 Å². The zero-order valence-electron chi connectivity index (χ0n) is 7.60. The summed E-state index contributed by atoms with van der Waals surface area (Å²) in [7, 11) is 0. The third kappa shape index (κ3) is 2.01. The number of nitrogens with zero attached hydrogens (tertiary/aromatic N) is 1. The first kappa shape index (κ1) is 8.98. The van der Waals surface area contributed by atoms with E-state index in [4.69, 9.17) is 5.26 Å². The van der Waals surface area contributed by atoms with Gasteiger partial charge in [0.1, 0.15) is 0 Å². The van der Waals surface area contributed by atoms with E-state index < -0.39 is 0 Å². The second-order valence-corrected chi connectivity index (χ2v) is 3.90. The van der Waals surface area contributed by atoms with Crippen LogP contribution in [0, 0.1) is 11.3 Å². The molecular weight excluding hydrogens is 190 g/mol. The highest BCUT2D eigenvalue weighted by Gasteiger charge is 1.97. The van der Waals surface area contributed by atoms with E-state index in [0.29, 0.717) is 0 Å². The molecule has 1 aromatic carbocycles. The lowest BCUT2D eigenvalue weighted by Gasteiger charge is -1.98. The molecule has 0 fully saturated rings. The number of thiophene rings is 1. The third-order valence-electron chi connectivity index (χ3n) is 2.04. The van der Waals surface area contributed by atoms with Gasteiger partial charge in [0.15, 0.2) is 0 Å². The number of benzene rings is 1. The van der Waals surface area contributed by atoms with E-state index in [1.165, 1.54) is 11.1 Å². The lowest BCUT2D eigenvalue weighted by atomic mass is 10.1. The molecule has 1 aromatic heterocycles. The minimum atomic E-state index is 0.734. The zero-order valence-corrected chi connectivity index (χ0v) is 8.42. The molecule has 0 amide bonds. The Bertz CT molecular complexity index is 451. The molecule has 68 valence electrons. The summed E-state index contributed by atoms with van der Waals surface area (Å²) in [6.45, 7) is 0. The first-order valence-corrected chi connectivity index (χ1v) is 5.33. The second kappa shape index (κ2) is 4.08. The normalized spacial score (nSPS) is 9.64. The monoisotopic (exact) mass is 199 g/mol. The summed E-state index contributed by atoms with van der Waals surface area (Å²) in [5.74, 6) is 0.